The summed E-state index contributed by atoms with van der Waals surface area (Å²) in [6.45, 7) is 9.23. The van der Waals surface area contributed by atoms with Gasteiger partial charge in [0.25, 0.3) is 0 Å². The molecule has 1 aromatic carbocycles. The second-order valence-corrected chi connectivity index (χ2v) is 7.08. The highest BCUT2D eigenvalue weighted by Gasteiger charge is 2.31. The van der Waals surface area contributed by atoms with E-state index in [1.165, 1.54) is 13.2 Å². The van der Waals surface area contributed by atoms with Crippen LogP contribution < -0.4 is 9.64 Å². The molecule has 1 aliphatic rings. The molecule has 0 saturated carbocycles. The number of nitrogens with zero attached hydrogens (tertiary/aromatic N) is 3. The third-order valence-electron chi connectivity index (χ3n) is 3.98. The SMILES string of the molecule is COc1cc(N2CCN(C(=O)OC(C)(C)C)[C@H](C)C2)ccc1[N+](=O)[O-]. The minimum Gasteiger partial charge on any atom is -0.490 e. The Morgan fingerprint density at radius 1 is 1.32 bits per heavy atom. The summed E-state index contributed by atoms with van der Waals surface area (Å²) in [6, 6.07) is 4.77. The molecular weight excluding hydrogens is 326 g/mol. The molecule has 0 unspecified atom stereocenters. The molecule has 0 N–H and O–H groups in total. The van der Waals surface area contributed by atoms with E-state index in [0.717, 1.165) is 5.69 Å². The summed E-state index contributed by atoms with van der Waals surface area (Å²) >= 11 is 0. The number of methoxy groups -OCH3 is 1. The quantitative estimate of drug-likeness (QED) is 0.615. The number of rotatable bonds is 3. The number of amides is 1. The largest absolute Gasteiger partial charge is 0.490 e. The predicted molar refractivity (Wildman–Crippen MR) is 94.3 cm³/mol. The van der Waals surface area contributed by atoms with Crippen LogP contribution in [0.3, 0.4) is 0 Å². The standard InChI is InChI=1S/C17H25N3O5/c1-12-11-18(8-9-19(12)16(21)25-17(2,3)4)13-6-7-14(20(22)23)15(10-13)24-5/h6-7,10,12H,8-9,11H2,1-5H3/t12-/m1/s1. The first-order valence-electron chi connectivity index (χ1n) is 8.19. The average Bonchev–Trinajstić information content (AvgIpc) is 2.52. The summed E-state index contributed by atoms with van der Waals surface area (Å²) in [6.07, 6.45) is -0.319. The van der Waals surface area contributed by atoms with E-state index in [4.69, 9.17) is 9.47 Å². The van der Waals surface area contributed by atoms with Crippen LogP contribution in [0.5, 0.6) is 5.75 Å². The first-order chi connectivity index (χ1) is 11.6. The summed E-state index contributed by atoms with van der Waals surface area (Å²) in [5.41, 5.74) is 0.240. The number of benzene rings is 1. The number of hydrogen-bond acceptors (Lipinski definition) is 6. The summed E-state index contributed by atoms with van der Waals surface area (Å²) < 4.78 is 10.6. The van der Waals surface area contributed by atoms with Gasteiger partial charge >= 0.3 is 11.8 Å². The second-order valence-electron chi connectivity index (χ2n) is 7.08. The number of piperazine rings is 1. The van der Waals surface area contributed by atoms with Gasteiger partial charge in [0, 0.05) is 43.5 Å². The fraction of sp³-hybridized carbons (Fsp3) is 0.588. The highest BCUT2D eigenvalue weighted by Crippen LogP contribution is 2.32. The van der Waals surface area contributed by atoms with Gasteiger partial charge in [-0.05, 0) is 33.8 Å². The van der Waals surface area contributed by atoms with Gasteiger partial charge in [-0.2, -0.15) is 0 Å². The summed E-state index contributed by atoms with van der Waals surface area (Å²) in [5.74, 6) is 0.227. The van der Waals surface area contributed by atoms with Gasteiger partial charge in [-0.15, -0.1) is 0 Å². The summed E-state index contributed by atoms with van der Waals surface area (Å²) in [7, 11) is 1.41. The molecular formula is C17H25N3O5. The van der Waals surface area contributed by atoms with Crippen LogP contribution in [0.15, 0.2) is 18.2 Å². The maximum atomic E-state index is 12.3. The molecule has 25 heavy (non-hydrogen) atoms. The number of carbonyl (C=O) groups is 1. The molecule has 1 fully saturated rings. The lowest BCUT2D eigenvalue weighted by Crippen LogP contribution is -2.55. The molecule has 8 nitrogen and oxygen atoms in total. The molecule has 0 aliphatic carbocycles. The fourth-order valence-corrected chi connectivity index (χ4v) is 2.80. The molecule has 138 valence electrons. The molecule has 0 spiro atoms. The molecule has 1 aliphatic heterocycles. The number of ether oxygens (including phenoxy) is 2. The van der Waals surface area contributed by atoms with Crippen LogP contribution >= 0.6 is 0 Å². The van der Waals surface area contributed by atoms with E-state index >= 15 is 0 Å². The Labute approximate surface area is 147 Å². The Hall–Kier alpha value is -2.51. The predicted octanol–water partition coefficient (Wildman–Crippen LogP) is 3.05. The molecule has 1 aromatic rings. The Morgan fingerprint density at radius 3 is 2.52 bits per heavy atom. The van der Waals surface area contributed by atoms with E-state index < -0.39 is 10.5 Å². The van der Waals surface area contributed by atoms with Crippen molar-refractivity contribution in [1.82, 2.24) is 4.90 Å². The summed E-state index contributed by atoms with van der Waals surface area (Å²) in [5, 5.41) is 11.0. The first kappa shape index (κ1) is 18.8. The molecule has 0 radical (unpaired) electrons. The van der Waals surface area contributed by atoms with Crippen LogP contribution in [0.4, 0.5) is 16.2 Å². The maximum Gasteiger partial charge on any atom is 0.410 e. The normalized spacial score (nSPS) is 18.0. The van der Waals surface area contributed by atoms with Crippen LogP contribution in [-0.2, 0) is 4.74 Å². The zero-order valence-electron chi connectivity index (χ0n) is 15.3. The highest BCUT2D eigenvalue weighted by molar-refractivity contribution is 5.69. The second kappa shape index (κ2) is 7.16. The maximum absolute atomic E-state index is 12.3. The van der Waals surface area contributed by atoms with Gasteiger partial charge in [-0.3, -0.25) is 10.1 Å². The summed E-state index contributed by atoms with van der Waals surface area (Å²) in [4.78, 5) is 26.6. The van der Waals surface area contributed by atoms with Crippen LogP contribution in [0.25, 0.3) is 0 Å². The first-order valence-corrected chi connectivity index (χ1v) is 8.19. The molecule has 2 rings (SSSR count). The zero-order valence-corrected chi connectivity index (χ0v) is 15.3. The van der Waals surface area contributed by atoms with Crippen molar-refractivity contribution in [2.24, 2.45) is 0 Å². The van der Waals surface area contributed by atoms with Gasteiger partial charge in [0.15, 0.2) is 5.75 Å². The fourth-order valence-electron chi connectivity index (χ4n) is 2.80. The van der Waals surface area contributed by atoms with E-state index in [9.17, 15) is 14.9 Å². The molecule has 0 bridgehead atoms. The van der Waals surface area contributed by atoms with Crippen molar-refractivity contribution in [3.63, 3.8) is 0 Å². The van der Waals surface area contributed by atoms with E-state index in [-0.39, 0.29) is 23.6 Å². The molecule has 1 heterocycles. The van der Waals surface area contributed by atoms with Gasteiger partial charge in [0.2, 0.25) is 0 Å². The molecule has 1 atom stereocenters. The van der Waals surface area contributed by atoms with Crippen molar-refractivity contribution < 1.29 is 19.2 Å². The lowest BCUT2D eigenvalue weighted by Gasteiger charge is -2.41. The van der Waals surface area contributed by atoms with E-state index in [2.05, 4.69) is 4.90 Å². The van der Waals surface area contributed by atoms with Gasteiger partial charge < -0.3 is 19.3 Å². The molecule has 8 heteroatoms. The zero-order chi connectivity index (χ0) is 18.8. The number of nitro groups is 1. The monoisotopic (exact) mass is 351 g/mol. The lowest BCUT2D eigenvalue weighted by atomic mass is 10.1. The third kappa shape index (κ3) is 4.52. The minimum absolute atomic E-state index is 0.0372. The number of carbonyl (C=O) groups excluding carboxylic acids is 1. The van der Waals surface area contributed by atoms with Gasteiger partial charge in [0.05, 0.1) is 12.0 Å². The topological polar surface area (TPSA) is 85.2 Å². The van der Waals surface area contributed by atoms with Gasteiger partial charge in [-0.1, -0.05) is 0 Å². The van der Waals surface area contributed by atoms with Crippen LogP contribution in [0, 0.1) is 10.1 Å². The van der Waals surface area contributed by atoms with E-state index in [0.29, 0.717) is 19.6 Å². The Morgan fingerprint density at radius 2 is 2.00 bits per heavy atom. The van der Waals surface area contributed by atoms with Crippen LogP contribution in [-0.4, -0.2) is 54.3 Å². The van der Waals surface area contributed by atoms with Crippen molar-refractivity contribution in [3.8, 4) is 5.75 Å². The third-order valence-corrected chi connectivity index (χ3v) is 3.98. The Balaban J connectivity index is 2.10. The van der Waals surface area contributed by atoms with Crippen molar-refractivity contribution in [1.29, 1.82) is 0 Å². The average molecular weight is 351 g/mol. The van der Waals surface area contributed by atoms with Crippen molar-refractivity contribution in [2.75, 3.05) is 31.6 Å². The number of anilines is 1. The lowest BCUT2D eigenvalue weighted by molar-refractivity contribution is -0.385. The minimum atomic E-state index is -0.528. The Kier molecular flexibility index (Phi) is 5.39. The van der Waals surface area contributed by atoms with E-state index in [1.807, 2.05) is 27.7 Å². The molecule has 1 saturated heterocycles. The van der Waals surface area contributed by atoms with Crippen LogP contribution in [0.1, 0.15) is 27.7 Å². The van der Waals surface area contributed by atoms with Gasteiger partial charge in [-0.25, -0.2) is 4.79 Å². The van der Waals surface area contributed by atoms with Crippen molar-refractivity contribution in [3.05, 3.63) is 28.3 Å². The number of hydrogen-bond donors (Lipinski definition) is 0. The highest BCUT2D eigenvalue weighted by atomic mass is 16.6. The molecule has 1 amide bonds. The van der Waals surface area contributed by atoms with Crippen LogP contribution in [0.2, 0.25) is 0 Å². The number of nitro benzene ring substituents is 1. The van der Waals surface area contributed by atoms with Gasteiger partial charge in [0.1, 0.15) is 5.60 Å². The molecule has 0 aromatic heterocycles. The van der Waals surface area contributed by atoms with E-state index in [1.54, 1.807) is 17.0 Å². The van der Waals surface area contributed by atoms with Crippen molar-refractivity contribution >= 4 is 17.5 Å². The smallest absolute Gasteiger partial charge is 0.410 e. The Bertz CT molecular complexity index is 656. The van der Waals surface area contributed by atoms with Crippen molar-refractivity contribution in [2.45, 2.75) is 39.3 Å².